The van der Waals surface area contributed by atoms with Gasteiger partial charge in [0.2, 0.25) is 5.91 Å². The molecule has 1 aliphatic heterocycles. The first-order valence-corrected chi connectivity index (χ1v) is 7.61. The highest BCUT2D eigenvalue weighted by Crippen LogP contribution is 2.41. The minimum absolute atomic E-state index is 0.102. The Labute approximate surface area is 121 Å². The summed E-state index contributed by atoms with van der Waals surface area (Å²) >= 11 is 1.68. The summed E-state index contributed by atoms with van der Waals surface area (Å²) in [4.78, 5) is 12.1. The summed E-state index contributed by atoms with van der Waals surface area (Å²) in [7, 11) is 0. The number of nitrogens with one attached hydrogen (secondary N) is 1. The molecule has 2 nitrogen and oxygen atoms in total. The Bertz CT molecular complexity index is 792. The zero-order chi connectivity index (χ0) is 13.5. The van der Waals surface area contributed by atoms with Gasteiger partial charge in [-0.25, -0.2) is 0 Å². The lowest BCUT2D eigenvalue weighted by Crippen LogP contribution is -2.23. The third kappa shape index (κ3) is 1.74. The van der Waals surface area contributed by atoms with E-state index in [0.717, 1.165) is 16.5 Å². The lowest BCUT2D eigenvalue weighted by atomic mass is 9.84. The van der Waals surface area contributed by atoms with Crippen molar-refractivity contribution in [1.29, 1.82) is 0 Å². The summed E-state index contributed by atoms with van der Waals surface area (Å²) in [5.74, 6) is 0.277. The molecule has 1 N–H and O–H groups in total. The molecule has 0 radical (unpaired) electrons. The molecule has 98 valence electrons. The van der Waals surface area contributed by atoms with Crippen LogP contribution in [-0.4, -0.2) is 5.91 Å². The van der Waals surface area contributed by atoms with E-state index in [4.69, 9.17) is 0 Å². The quantitative estimate of drug-likeness (QED) is 0.704. The van der Waals surface area contributed by atoms with Gasteiger partial charge in [0.05, 0.1) is 5.69 Å². The number of thiophene rings is 1. The number of anilines is 1. The first-order valence-electron chi connectivity index (χ1n) is 6.66. The highest BCUT2D eigenvalue weighted by molar-refractivity contribution is 7.08. The van der Waals surface area contributed by atoms with Crippen molar-refractivity contribution in [2.75, 3.05) is 5.32 Å². The second-order valence-electron chi connectivity index (χ2n) is 5.11. The van der Waals surface area contributed by atoms with Gasteiger partial charge in [-0.1, -0.05) is 36.4 Å². The molecule has 1 atom stereocenters. The van der Waals surface area contributed by atoms with Gasteiger partial charge >= 0.3 is 0 Å². The monoisotopic (exact) mass is 279 g/mol. The van der Waals surface area contributed by atoms with Crippen LogP contribution in [0.4, 0.5) is 5.69 Å². The second-order valence-corrected chi connectivity index (χ2v) is 5.89. The van der Waals surface area contributed by atoms with Gasteiger partial charge in [0, 0.05) is 17.7 Å². The number of carbonyl (C=O) groups excluding carboxylic acids is 1. The van der Waals surface area contributed by atoms with Gasteiger partial charge in [0.15, 0.2) is 0 Å². The first-order chi connectivity index (χ1) is 9.83. The number of benzene rings is 2. The van der Waals surface area contributed by atoms with E-state index in [1.165, 1.54) is 11.1 Å². The van der Waals surface area contributed by atoms with Crippen molar-refractivity contribution >= 4 is 33.7 Å². The largest absolute Gasteiger partial charge is 0.325 e. The predicted octanol–water partition coefficient (Wildman–Crippen LogP) is 4.38. The summed E-state index contributed by atoms with van der Waals surface area (Å²) in [5.41, 5.74) is 3.44. The molecule has 1 amide bonds. The van der Waals surface area contributed by atoms with Crippen LogP contribution in [0.1, 0.15) is 23.5 Å². The Morgan fingerprint density at radius 2 is 2.00 bits per heavy atom. The Morgan fingerprint density at radius 3 is 2.85 bits per heavy atom. The molecular weight excluding hydrogens is 266 g/mol. The zero-order valence-electron chi connectivity index (χ0n) is 10.8. The number of hydrogen-bond donors (Lipinski definition) is 1. The first kappa shape index (κ1) is 11.7. The fraction of sp³-hybridized carbons (Fsp3) is 0.118. The summed E-state index contributed by atoms with van der Waals surface area (Å²) in [5, 5.41) is 9.56. The van der Waals surface area contributed by atoms with Crippen molar-refractivity contribution in [3.05, 3.63) is 64.4 Å². The molecule has 4 rings (SSSR count). The minimum Gasteiger partial charge on any atom is -0.325 e. The van der Waals surface area contributed by atoms with Crippen molar-refractivity contribution in [2.45, 2.75) is 12.3 Å². The van der Waals surface area contributed by atoms with E-state index in [-0.39, 0.29) is 11.8 Å². The summed E-state index contributed by atoms with van der Waals surface area (Å²) < 4.78 is 0. The maximum atomic E-state index is 12.1. The van der Waals surface area contributed by atoms with E-state index in [1.807, 2.05) is 12.1 Å². The van der Waals surface area contributed by atoms with Crippen LogP contribution in [0.3, 0.4) is 0 Å². The summed E-state index contributed by atoms with van der Waals surface area (Å²) in [6, 6.07) is 14.6. The molecule has 20 heavy (non-hydrogen) atoms. The number of hydrogen-bond acceptors (Lipinski definition) is 2. The van der Waals surface area contributed by atoms with Gasteiger partial charge in [-0.3, -0.25) is 4.79 Å². The van der Waals surface area contributed by atoms with Crippen LogP contribution in [-0.2, 0) is 4.79 Å². The maximum absolute atomic E-state index is 12.1. The van der Waals surface area contributed by atoms with Gasteiger partial charge < -0.3 is 5.32 Å². The van der Waals surface area contributed by atoms with E-state index >= 15 is 0 Å². The smallest absolute Gasteiger partial charge is 0.225 e. The number of carbonyl (C=O) groups is 1. The van der Waals surface area contributed by atoms with Gasteiger partial charge in [-0.15, -0.1) is 0 Å². The van der Waals surface area contributed by atoms with Crippen molar-refractivity contribution in [2.24, 2.45) is 0 Å². The third-order valence-electron chi connectivity index (χ3n) is 3.94. The lowest BCUT2D eigenvalue weighted by molar-refractivity contribution is -0.116. The Balaban J connectivity index is 1.97. The molecule has 0 saturated carbocycles. The van der Waals surface area contributed by atoms with E-state index in [9.17, 15) is 4.79 Å². The van der Waals surface area contributed by atoms with Crippen LogP contribution < -0.4 is 5.32 Å². The highest BCUT2D eigenvalue weighted by Gasteiger charge is 2.27. The normalized spacial score (nSPS) is 17.8. The standard InChI is InChI=1S/C17H13NOS/c19-16-9-15(12-7-8-20-10-12)14-6-5-11-3-1-2-4-13(11)17(14)18-16/h1-8,10,15H,9H2,(H,18,19)/t15-/m1/s1. The summed E-state index contributed by atoms with van der Waals surface area (Å²) in [6.45, 7) is 0. The van der Waals surface area contributed by atoms with Crippen LogP contribution >= 0.6 is 11.3 Å². The molecule has 3 heteroatoms. The van der Waals surface area contributed by atoms with Crippen molar-refractivity contribution in [3.8, 4) is 0 Å². The third-order valence-corrected chi connectivity index (χ3v) is 4.64. The molecule has 0 unspecified atom stereocenters. The van der Waals surface area contributed by atoms with Crippen LogP contribution in [0.2, 0.25) is 0 Å². The van der Waals surface area contributed by atoms with Crippen LogP contribution in [0.15, 0.2) is 53.2 Å². The van der Waals surface area contributed by atoms with Crippen molar-refractivity contribution < 1.29 is 4.79 Å². The van der Waals surface area contributed by atoms with E-state index < -0.39 is 0 Å². The topological polar surface area (TPSA) is 29.1 Å². The molecule has 2 aromatic carbocycles. The second kappa shape index (κ2) is 4.46. The fourth-order valence-electron chi connectivity index (χ4n) is 2.97. The molecule has 1 aromatic heterocycles. The van der Waals surface area contributed by atoms with Gasteiger partial charge in [-0.05, 0) is 33.3 Å². The average molecular weight is 279 g/mol. The predicted molar refractivity (Wildman–Crippen MR) is 83.4 cm³/mol. The van der Waals surface area contributed by atoms with E-state index in [1.54, 1.807) is 11.3 Å². The van der Waals surface area contributed by atoms with E-state index in [0.29, 0.717) is 6.42 Å². The van der Waals surface area contributed by atoms with E-state index in [2.05, 4.69) is 46.4 Å². The lowest BCUT2D eigenvalue weighted by Gasteiger charge is -2.26. The number of amides is 1. The van der Waals surface area contributed by atoms with Crippen LogP contribution in [0.5, 0.6) is 0 Å². The molecule has 0 spiro atoms. The molecule has 0 bridgehead atoms. The SMILES string of the molecule is O=C1C[C@H](c2ccsc2)c2ccc3ccccc3c2N1. The fourth-order valence-corrected chi connectivity index (χ4v) is 3.69. The average Bonchev–Trinajstić information content (AvgIpc) is 3.00. The molecule has 0 fully saturated rings. The molecule has 0 aliphatic carbocycles. The Kier molecular flexibility index (Phi) is 2.60. The van der Waals surface area contributed by atoms with Crippen LogP contribution in [0, 0.1) is 0 Å². The number of fused-ring (bicyclic) bond motifs is 3. The highest BCUT2D eigenvalue weighted by atomic mass is 32.1. The molecular formula is C17H13NOS. The van der Waals surface area contributed by atoms with Crippen molar-refractivity contribution in [3.63, 3.8) is 0 Å². The molecule has 3 aromatic rings. The van der Waals surface area contributed by atoms with Gasteiger partial charge in [0.1, 0.15) is 0 Å². The minimum atomic E-state index is 0.102. The van der Waals surface area contributed by atoms with Gasteiger partial charge in [0.25, 0.3) is 0 Å². The number of rotatable bonds is 1. The molecule has 2 heterocycles. The Hall–Kier alpha value is -2.13. The molecule has 0 saturated heterocycles. The zero-order valence-corrected chi connectivity index (χ0v) is 11.6. The Morgan fingerprint density at radius 1 is 1.10 bits per heavy atom. The maximum Gasteiger partial charge on any atom is 0.225 e. The van der Waals surface area contributed by atoms with Crippen LogP contribution in [0.25, 0.3) is 10.8 Å². The molecule has 1 aliphatic rings. The summed E-state index contributed by atoms with van der Waals surface area (Å²) in [6.07, 6.45) is 0.530. The van der Waals surface area contributed by atoms with Crippen molar-refractivity contribution in [1.82, 2.24) is 0 Å². The van der Waals surface area contributed by atoms with Gasteiger partial charge in [-0.2, -0.15) is 11.3 Å².